The van der Waals surface area contributed by atoms with Crippen molar-refractivity contribution in [3.63, 3.8) is 0 Å². The van der Waals surface area contributed by atoms with Crippen molar-refractivity contribution in [2.75, 3.05) is 17.7 Å². The Bertz CT molecular complexity index is 819. The highest BCUT2D eigenvalue weighted by Gasteiger charge is 2.32. The van der Waals surface area contributed by atoms with E-state index in [-0.39, 0.29) is 12.3 Å². The molecule has 1 fully saturated rings. The first-order valence-electron chi connectivity index (χ1n) is 7.51. The smallest absolute Gasteiger partial charge is 0.228 e. The molecule has 1 N–H and O–H groups in total. The fourth-order valence-corrected chi connectivity index (χ4v) is 3.42. The Kier molecular flexibility index (Phi) is 4.55. The first-order valence-corrected chi connectivity index (χ1v) is 9.40. The summed E-state index contributed by atoms with van der Waals surface area (Å²) in [7, 11) is -3.33. The zero-order chi connectivity index (χ0) is 17.2. The van der Waals surface area contributed by atoms with Crippen molar-refractivity contribution in [2.24, 2.45) is 0 Å². The molecule has 0 spiro atoms. The number of rotatable bonds is 5. The zero-order valence-electron chi connectivity index (χ0n) is 13.2. The van der Waals surface area contributed by atoms with Crippen molar-refractivity contribution < 1.29 is 17.9 Å². The number of ether oxygens (including phenoxy) is 1. The van der Waals surface area contributed by atoms with Crippen LogP contribution in [0.2, 0.25) is 0 Å². The molecule has 24 heavy (non-hydrogen) atoms. The van der Waals surface area contributed by atoms with E-state index in [1.807, 2.05) is 30.3 Å². The van der Waals surface area contributed by atoms with Gasteiger partial charge >= 0.3 is 0 Å². The van der Waals surface area contributed by atoms with Crippen LogP contribution in [0.4, 0.5) is 5.69 Å². The van der Waals surface area contributed by atoms with Gasteiger partial charge in [0.25, 0.3) is 0 Å². The van der Waals surface area contributed by atoms with Crippen LogP contribution >= 0.6 is 0 Å². The minimum absolute atomic E-state index is 0.104. The minimum atomic E-state index is -3.33. The SMILES string of the molecule is CS(=O)(=O)N[C@H]1CC(=O)N(c2ccc(Oc3ccccc3)cc2)C1. The second-order valence-electron chi connectivity index (χ2n) is 5.70. The van der Waals surface area contributed by atoms with Gasteiger partial charge in [0.15, 0.2) is 0 Å². The molecule has 1 heterocycles. The van der Waals surface area contributed by atoms with Crippen LogP contribution in [-0.2, 0) is 14.8 Å². The number of nitrogens with one attached hydrogen (secondary N) is 1. The van der Waals surface area contributed by atoms with Gasteiger partial charge in [-0.3, -0.25) is 4.79 Å². The monoisotopic (exact) mass is 346 g/mol. The number of carbonyl (C=O) groups is 1. The molecule has 7 heteroatoms. The molecule has 3 rings (SSSR count). The molecule has 0 saturated carbocycles. The molecule has 1 aliphatic rings. The van der Waals surface area contributed by atoms with Crippen molar-refractivity contribution in [1.29, 1.82) is 0 Å². The number of carbonyl (C=O) groups excluding carboxylic acids is 1. The van der Waals surface area contributed by atoms with Crippen LogP contribution in [0.3, 0.4) is 0 Å². The van der Waals surface area contributed by atoms with Gasteiger partial charge < -0.3 is 9.64 Å². The Hall–Kier alpha value is -2.38. The number of nitrogens with zero attached hydrogens (tertiary/aromatic N) is 1. The van der Waals surface area contributed by atoms with Crippen molar-refractivity contribution in [3.05, 3.63) is 54.6 Å². The summed E-state index contributed by atoms with van der Waals surface area (Å²) in [5.74, 6) is 1.30. The molecule has 1 aliphatic heterocycles. The second kappa shape index (κ2) is 6.62. The fraction of sp³-hybridized carbons (Fsp3) is 0.235. The molecule has 0 unspecified atom stereocenters. The maximum atomic E-state index is 12.1. The number of para-hydroxylation sites is 1. The molecule has 0 aromatic heterocycles. The first kappa shape index (κ1) is 16.5. The summed E-state index contributed by atoms with van der Waals surface area (Å²) in [5, 5.41) is 0. The molecule has 2 aromatic carbocycles. The van der Waals surface area contributed by atoms with Gasteiger partial charge in [0.2, 0.25) is 15.9 Å². The van der Waals surface area contributed by atoms with E-state index in [0.29, 0.717) is 12.3 Å². The van der Waals surface area contributed by atoms with Crippen LogP contribution in [0.15, 0.2) is 54.6 Å². The molecule has 1 saturated heterocycles. The summed E-state index contributed by atoms with van der Waals surface area (Å²) in [5.41, 5.74) is 0.721. The van der Waals surface area contributed by atoms with Crippen LogP contribution in [-0.4, -0.2) is 33.2 Å². The molecular formula is C17H18N2O4S. The van der Waals surface area contributed by atoms with E-state index in [4.69, 9.17) is 4.74 Å². The quantitative estimate of drug-likeness (QED) is 0.900. The van der Waals surface area contributed by atoms with Gasteiger partial charge in [-0.05, 0) is 36.4 Å². The Morgan fingerprint density at radius 2 is 1.67 bits per heavy atom. The molecule has 1 amide bonds. The molecule has 0 radical (unpaired) electrons. The minimum Gasteiger partial charge on any atom is -0.457 e. The molecule has 0 bridgehead atoms. The third-order valence-electron chi connectivity index (χ3n) is 3.63. The first-order chi connectivity index (χ1) is 11.4. The predicted octanol–water partition coefficient (Wildman–Crippen LogP) is 2.13. The van der Waals surface area contributed by atoms with E-state index < -0.39 is 16.1 Å². The fourth-order valence-electron chi connectivity index (χ4n) is 2.66. The maximum absolute atomic E-state index is 12.1. The Balaban J connectivity index is 1.68. The third-order valence-corrected chi connectivity index (χ3v) is 4.39. The van der Waals surface area contributed by atoms with Gasteiger partial charge in [-0.25, -0.2) is 13.1 Å². The topological polar surface area (TPSA) is 75.7 Å². The average Bonchev–Trinajstić information content (AvgIpc) is 2.87. The summed E-state index contributed by atoms with van der Waals surface area (Å²) >= 11 is 0. The van der Waals surface area contributed by atoms with Crippen LogP contribution in [0.5, 0.6) is 11.5 Å². The maximum Gasteiger partial charge on any atom is 0.228 e. The number of benzene rings is 2. The van der Waals surface area contributed by atoms with Gasteiger partial charge in [0, 0.05) is 24.7 Å². The molecular weight excluding hydrogens is 328 g/mol. The van der Waals surface area contributed by atoms with E-state index in [1.165, 1.54) is 0 Å². The standard InChI is InChI=1S/C17H18N2O4S/c1-24(21,22)18-13-11-17(20)19(12-13)14-7-9-16(10-8-14)23-15-5-3-2-4-6-15/h2-10,13,18H,11-12H2,1H3/t13-/m0/s1. The summed E-state index contributed by atoms with van der Waals surface area (Å²) < 4.78 is 30.8. The van der Waals surface area contributed by atoms with Crippen LogP contribution in [0.1, 0.15) is 6.42 Å². The Morgan fingerprint density at radius 3 is 2.29 bits per heavy atom. The highest BCUT2D eigenvalue weighted by atomic mass is 32.2. The van der Waals surface area contributed by atoms with E-state index >= 15 is 0 Å². The molecule has 0 aliphatic carbocycles. The number of hydrogen-bond acceptors (Lipinski definition) is 4. The summed E-state index contributed by atoms with van der Waals surface area (Å²) in [6, 6.07) is 16.2. The Morgan fingerprint density at radius 1 is 1.04 bits per heavy atom. The second-order valence-corrected chi connectivity index (χ2v) is 7.48. The highest BCUT2D eigenvalue weighted by molar-refractivity contribution is 7.88. The average molecular weight is 346 g/mol. The van der Waals surface area contributed by atoms with Crippen molar-refractivity contribution in [3.8, 4) is 11.5 Å². The summed E-state index contributed by atoms with van der Waals surface area (Å²) in [4.78, 5) is 13.7. The van der Waals surface area contributed by atoms with Gasteiger partial charge in [-0.1, -0.05) is 18.2 Å². The molecule has 1 atom stereocenters. The van der Waals surface area contributed by atoms with Crippen molar-refractivity contribution in [2.45, 2.75) is 12.5 Å². The van der Waals surface area contributed by atoms with E-state index in [2.05, 4.69) is 4.72 Å². The van der Waals surface area contributed by atoms with Crippen LogP contribution < -0.4 is 14.4 Å². The van der Waals surface area contributed by atoms with Gasteiger partial charge in [0.05, 0.1) is 6.26 Å². The number of amides is 1. The van der Waals surface area contributed by atoms with Gasteiger partial charge in [0.1, 0.15) is 11.5 Å². The van der Waals surface area contributed by atoms with Crippen molar-refractivity contribution in [1.82, 2.24) is 4.72 Å². The largest absolute Gasteiger partial charge is 0.457 e. The lowest BCUT2D eigenvalue weighted by atomic mass is 10.2. The predicted molar refractivity (Wildman–Crippen MR) is 91.7 cm³/mol. The lowest BCUT2D eigenvalue weighted by Gasteiger charge is -2.17. The lowest BCUT2D eigenvalue weighted by Crippen LogP contribution is -2.36. The van der Waals surface area contributed by atoms with Crippen LogP contribution in [0, 0.1) is 0 Å². The van der Waals surface area contributed by atoms with E-state index in [0.717, 1.165) is 17.7 Å². The normalized spacial score (nSPS) is 18.0. The third kappa shape index (κ3) is 4.12. The van der Waals surface area contributed by atoms with Gasteiger partial charge in [-0.2, -0.15) is 0 Å². The molecule has 2 aromatic rings. The molecule has 6 nitrogen and oxygen atoms in total. The highest BCUT2D eigenvalue weighted by Crippen LogP contribution is 2.27. The number of anilines is 1. The Labute approximate surface area is 141 Å². The van der Waals surface area contributed by atoms with Gasteiger partial charge in [-0.15, -0.1) is 0 Å². The number of sulfonamides is 1. The van der Waals surface area contributed by atoms with E-state index in [9.17, 15) is 13.2 Å². The summed E-state index contributed by atoms with van der Waals surface area (Å²) in [6.45, 7) is 0.324. The van der Waals surface area contributed by atoms with Crippen LogP contribution in [0.25, 0.3) is 0 Å². The lowest BCUT2D eigenvalue weighted by molar-refractivity contribution is -0.117. The van der Waals surface area contributed by atoms with Crippen molar-refractivity contribution >= 4 is 21.6 Å². The zero-order valence-corrected chi connectivity index (χ0v) is 14.0. The van der Waals surface area contributed by atoms with E-state index in [1.54, 1.807) is 29.2 Å². The number of hydrogen-bond donors (Lipinski definition) is 1. The molecule has 126 valence electrons. The summed E-state index contributed by atoms with van der Waals surface area (Å²) in [6.07, 6.45) is 1.26.